The Hall–Kier alpha value is -5.66. The monoisotopic (exact) mass is 613 g/mol. The molecule has 0 bridgehead atoms. The topological polar surface area (TPSA) is 4.93 Å². The van der Waals surface area contributed by atoms with Gasteiger partial charge in [0.1, 0.15) is 0 Å². The van der Waals surface area contributed by atoms with Gasteiger partial charge in [0.2, 0.25) is 0 Å². The number of nitrogens with zero attached hydrogens (tertiary/aromatic N) is 1. The zero-order valence-corrected chi connectivity index (χ0v) is 27.1. The summed E-state index contributed by atoms with van der Waals surface area (Å²) in [5, 5.41) is 9.20. The van der Waals surface area contributed by atoms with Crippen molar-refractivity contribution < 1.29 is 0 Å². The van der Waals surface area contributed by atoms with Gasteiger partial charge in [-0.15, -0.1) is 0 Å². The first-order chi connectivity index (χ1) is 23.8. The number of aromatic nitrogens is 1. The SMILES string of the molecule is CC1Cc2c(c3c4ccccc4ccc3n2-c2ccc(-c3c4ccccc4c(-c4ccccc4)c4ccccc34)cc2)C2=C1CCC=C2. The molecular weight excluding hydrogens is 579 g/mol. The Morgan fingerprint density at radius 1 is 0.542 bits per heavy atom. The van der Waals surface area contributed by atoms with Crippen LogP contribution in [0.1, 0.15) is 31.0 Å². The van der Waals surface area contributed by atoms with Gasteiger partial charge >= 0.3 is 0 Å². The lowest BCUT2D eigenvalue weighted by atomic mass is 9.77. The summed E-state index contributed by atoms with van der Waals surface area (Å²) in [7, 11) is 0. The Bertz CT molecular complexity index is 2570. The lowest BCUT2D eigenvalue weighted by molar-refractivity contribution is 0.616. The van der Waals surface area contributed by atoms with Crippen LogP contribution in [-0.4, -0.2) is 4.57 Å². The zero-order chi connectivity index (χ0) is 31.8. The number of hydrogen-bond donors (Lipinski definition) is 0. The lowest BCUT2D eigenvalue weighted by Gasteiger charge is -2.29. The first kappa shape index (κ1) is 27.5. The molecule has 0 fully saturated rings. The molecule has 7 aromatic carbocycles. The summed E-state index contributed by atoms with van der Waals surface area (Å²) in [5.74, 6) is 0.534. The molecule has 48 heavy (non-hydrogen) atoms. The van der Waals surface area contributed by atoms with Crippen LogP contribution in [0.3, 0.4) is 0 Å². The van der Waals surface area contributed by atoms with E-state index in [1.807, 2.05) is 0 Å². The van der Waals surface area contributed by atoms with Gasteiger partial charge in [0.15, 0.2) is 0 Å². The van der Waals surface area contributed by atoms with Gasteiger partial charge in [-0.1, -0.05) is 146 Å². The van der Waals surface area contributed by atoms with Crippen molar-refractivity contribution >= 4 is 48.8 Å². The maximum absolute atomic E-state index is 2.57. The molecule has 1 atom stereocenters. The highest BCUT2D eigenvalue weighted by molar-refractivity contribution is 6.21. The molecule has 1 nitrogen and oxygen atoms in total. The van der Waals surface area contributed by atoms with Gasteiger partial charge in [0.25, 0.3) is 0 Å². The van der Waals surface area contributed by atoms with E-state index in [9.17, 15) is 0 Å². The van der Waals surface area contributed by atoms with Crippen molar-refractivity contribution in [3.05, 3.63) is 169 Å². The van der Waals surface area contributed by atoms with E-state index in [1.165, 1.54) is 94.4 Å². The van der Waals surface area contributed by atoms with Crippen molar-refractivity contribution in [3.63, 3.8) is 0 Å². The maximum atomic E-state index is 2.57. The molecular formula is C47H35N. The van der Waals surface area contributed by atoms with Gasteiger partial charge in [-0.05, 0) is 104 Å². The fourth-order valence-corrected chi connectivity index (χ4v) is 8.87. The number of allylic oxidation sites excluding steroid dienone is 4. The third kappa shape index (κ3) is 3.97. The third-order valence-electron chi connectivity index (χ3n) is 10.9. The Morgan fingerprint density at radius 3 is 1.79 bits per heavy atom. The summed E-state index contributed by atoms with van der Waals surface area (Å²) in [6.07, 6.45) is 8.17. The van der Waals surface area contributed by atoms with Crippen LogP contribution < -0.4 is 0 Å². The van der Waals surface area contributed by atoms with Crippen LogP contribution >= 0.6 is 0 Å². The molecule has 1 unspecified atom stereocenters. The maximum Gasteiger partial charge on any atom is 0.0544 e. The van der Waals surface area contributed by atoms with Crippen LogP contribution in [0, 0.1) is 5.92 Å². The van der Waals surface area contributed by atoms with Crippen LogP contribution in [0.5, 0.6) is 0 Å². The van der Waals surface area contributed by atoms with Crippen LogP contribution in [-0.2, 0) is 6.42 Å². The second kappa shape index (κ2) is 10.7. The van der Waals surface area contributed by atoms with Crippen molar-refractivity contribution in [3.8, 4) is 27.9 Å². The molecule has 1 aromatic heterocycles. The highest BCUT2D eigenvalue weighted by atomic mass is 15.0. The summed E-state index contributed by atoms with van der Waals surface area (Å²) < 4.78 is 2.57. The summed E-state index contributed by atoms with van der Waals surface area (Å²) in [6.45, 7) is 2.43. The summed E-state index contributed by atoms with van der Waals surface area (Å²) >= 11 is 0. The van der Waals surface area contributed by atoms with Gasteiger partial charge in [0, 0.05) is 22.3 Å². The molecule has 2 aliphatic rings. The Kier molecular flexibility index (Phi) is 6.11. The molecule has 2 aliphatic carbocycles. The van der Waals surface area contributed by atoms with Crippen LogP contribution in [0.2, 0.25) is 0 Å². The number of benzene rings is 7. The Balaban J connectivity index is 1.21. The van der Waals surface area contributed by atoms with Gasteiger partial charge in [-0.25, -0.2) is 0 Å². The third-order valence-corrected chi connectivity index (χ3v) is 10.9. The first-order valence-electron chi connectivity index (χ1n) is 17.3. The van der Waals surface area contributed by atoms with E-state index >= 15 is 0 Å². The molecule has 0 radical (unpaired) electrons. The van der Waals surface area contributed by atoms with Crippen molar-refractivity contribution in [2.45, 2.75) is 26.2 Å². The molecule has 1 heterocycles. The van der Waals surface area contributed by atoms with Crippen molar-refractivity contribution in [1.82, 2.24) is 4.57 Å². The number of fused-ring (bicyclic) bond motifs is 8. The first-order valence-corrected chi connectivity index (χ1v) is 17.3. The molecule has 0 spiro atoms. The smallest absolute Gasteiger partial charge is 0.0544 e. The highest BCUT2D eigenvalue weighted by Gasteiger charge is 2.31. The standard InChI is InChI=1S/C47H35N/c1-30-29-43-47(37-18-8-7-16-35(30)37)46-36-17-6-5-13-31(36)25-28-42(46)48(43)34-26-23-33(24-27-34)45-40-21-11-9-19-38(40)44(32-14-3-2-4-15-32)39-20-10-12-22-41(39)45/h2-6,8-15,17-28,30H,7,16,29H2,1H3. The van der Waals surface area contributed by atoms with E-state index in [2.05, 4.69) is 163 Å². The van der Waals surface area contributed by atoms with Crippen LogP contribution in [0.25, 0.3) is 76.7 Å². The van der Waals surface area contributed by atoms with Gasteiger partial charge in [-0.2, -0.15) is 0 Å². The van der Waals surface area contributed by atoms with Gasteiger partial charge in [0.05, 0.1) is 5.52 Å². The average Bonchev–Trinajstić information content (AvgIpc) is 3.49. The highest BCUT2D eigenvalue weighted by Crippen LogP contribution is 2.48. The molecule has 0 N–H and O–H groups in total. The minimum atomic E-state index is 0.534. The molecule has 0 saturated heterocycles. The lowest BCUT2D eigenvalue weighted by Crippen LogP contribution is -2.16. The van der Waals surface area contributed by atoms with Crippen molar-refractivity contribution in [2.24, 2.45) is 5.92 Å². The zero-order valence-electron chi connectivity index (χ0n) is 27.1. The summed E-state index contributed by atoms with van der Waals surface area (Å²) in [4.78, 5) is 0. The van der Waals surface area contributed by atoms with Crippen molar-refractivity contribution in [2.75, 3.05) is 0 Å². The quantitative estimate of drug-likeness (QED) is 0.175. The summed E-state index contributed by atoms with van der Waals surface area (Å²) in [5.41, 5.74) is 13.6. The normalized spacial score (nSPS) is 15.8. The van der Waals surface area contributed by atoms with E-state index in [4.69, 9.17) is 0 Å². The minimum Gasteiger partial charge on any atom is -0.313 e. The summed E-state index contributed by atoms with van der Waals surface area (Å²) in [6, 6.07) is 51.7. The van der Waals surface area contributed by atoms with E-state index in [0.29, 0.717) is 5.92 Å². The molecule has 0 amide bonds. The Labute approximate surface area is 281 Å². The molecule has 10 rings (SSSR count). The predicted octanol–water partition coefficient (Wildman–Crippen LogP) is 12.7. The van der Waals surface area contributed by atoms with Gasteiger partial charge in [-0.3, -0.25) is 0 Å². The molecule has 1 heteroatoms. The second-order valence-electron chi connectivity index (χ2n) is 13.6. The molecule has 8 aromatic rings. The van der Waals surface area contributed by atoms with Crippen LogP contribution in [0.15, 0.2) is 157 Å². The predicted molar refractivity (Wildman–Crippen MR) is 205 cm³/mol. The number of rotatable bonds is 3. The molecule has 0 aliphatic heterocycles. The molecule has 228 valence electrons. The van der Waals surface area contributed by atoms with E-state index in [1.54, 1.807) is 5.57 Å². The molecule has 0 saturated carbocycles. The van der Waals surface area contributed by atoms with Gasteiger partial charge < -0.3 is 4.57 Å². The van der Waals surface area contributed by atoms with E-state index in [-0.39, 0.29) is 0 Å². The fourth-order valence-electron chi connectivity index (χ4n) is 8.87. The largest absolute Gasteiger partial charge is 0.313 e. The second-order valence-corrected chi connectivity index (χ2v) is 13.6. The van der Waals surface area contributed by atoms with E-state index < -0.39 is 0 Å². The fraction of sp³-hybridized carbons (Fsp3) is 0.106. The van der Waals surface area contributed by atoms with Crippen LogP contribution in [0.4, 0.5) is 0 Å². The average molecular weight is 614 g/mol. The van der Waals surface area contributed by atoms with Crippen molar-refractivity contribution in [1.29, 1.82) is 0 Å². The number of hydrogen-bond acceptors (Lipinski definition) is 0. The van der Waals surface area contributed by atoms with E-state index in [0.717, 1.165) is 12.8 Å². The Morgan fingerprint density at radius 2 is 1.12 bits per heavy atom. The minimum absolute atomic E-state index is 0.534.